The number of amides is 1. The molecular weight excluding hydrogens is 278 g/mol. The first-order valence-corrected chi connectivity index (χ1v) is 8.00. The molecule has 4 N–H and O–H groups in total. The Labute approximate surface area is 118 Å². The molecule has 0 saturated heterocycles. The van der Waals surface area contributed by atoms with Gasteiger partial charge in [0.25, 0.3) is 5.91 Å². The quantitative estimate of drug-likeness (QED) is 0.691. The van der Waals surface area contributed by atoms with Gasteiger partial charge in [-0.05, 0) is 44.0 Å². The zero-order valence-corrected chi connectivity index (χ0v) is 12.1. The lowest BCUT2D eigenvalue weighted by molar-refractivity contribution is 0.0950. The van der Waals surface area contributed by atoms with Crippen molar-refractivity contribution < 1.29 is 13.2 Å². The highest BCUT2D eigenvalue weighted by atomic mass is 32.2. The fourth-order valence-corrected chi connectivity index (χ4v) is 2.70. The third-order valence-corrected chi connectivity index (χ3v) is 4.81. The van der Waals surface area contributed by atoms with Crippen molar-refractivity contribution in [3.63, 3.8) is 0 Å². The van der Waals surface area contributed by atoms with Crippen molar-refractivity contribution in [3.8, 4) is 0 Å². The molecule has 110 valence electrons. The molecular formula is C13H19N3O3S. The maximum Gasteiger partial charge on any atom is 0.251 e. The van der Waals surface area contributed by atoms with Gasteiger partial charge in [0.15, 0.2) is 0 Å². The van der Waals surface area contributed by atoms with Crippen LogP contribution < -0.4 is 15.8 Å². The second-order valence-electron chi connectivity index (χ2n) is 4.95. The molecule has 7 heteroatoms. The van der Waals surface area contributed by atoms with E-state index >= 15 is 0 Å². The number of nitrogens with one attached hydrogen (secondary N) is 2. The summed E-state index contributed by atoms with van der Waals surface area (Å²) in [7, 11) is -2.21. The van der Waals surface area contributed by atoms with E-state index in [-0.39, 0.29) is 16.8 Å². The number of nitrogens with two attached hydrogens (primary N) is 1. The first-order valence-electron chi connectivity index (χ1n) is 6.51. The zero-order chi connectivity index (χ0) is 14.8. The number of sulfonamides is 1. The monoisotopic (exact) mass is 297 g/mol. The van der Waals surface area contributed by atoms with Crippen molar-refractivity contribution in [3.05, 3.63) is 29.8 Å². The molecule has 6 nitrogen and oxygen atoms in total. The molecule has 0 radical (unpaired) electrons. The van der Waals surface area contributed by atoms with Crippen molar-refractivity contribution in [2.45, 2.75) is 23.8 Å². The molecule has 1 saturated carbocycles. The number of hydrogen-bond donors (Lipinski definition) is 3. The van der Waals surface area contributed by atoms with E-state index < -0.39 is 10.0 Å². The Bertz CT molecular complexity index is 597. The first-order chi connectivity index (χ1) is 9.44. The van der Waals surface area contributed by atoms with Crippen LogP contribution >= 0.6 is 0 Å². The molecule has 0 aliphatic heterocycles. The minimum atomic E-state index is -3.54. The highest BCUT2D eigenvalue weighted by Crippen LogP contribution is 2.31. The first kappa shape index (κ1) is 15.0. The molecule has 1 aliphatic rings. The summed E-state index contributed by atoms with van der Waals surface area (Å²) in [6, 6.07) is 5.89. The van der Waals surface area contributed by atoms with Crippen molar-refractivity contribution in [1.29, 1.82) is 0 Å². The Balaban J connectivity index is 2.04. The molecule has 2 rings (SSSR count). The van der Waals surface area contributed by atoms with Crippen LogP contribution in [0.5, 0.6) is 0 Å². The van der Waals surface area contributed by atoms with E-state index in [0.29, 0.717) is 18.0 Å². The largest absolute Gasteiger partial charge is 0.350 e. The molecule has 1 aliphatic carbocycles. The summed E-state index contributed by atoms with van der Waals surface area (Å²) in [6.45, 7) is 0.409. The second kappa shape index (κ2) is 5.90. The SMILES string of the molecule is CNS(=O)(=O)c1cccc(C(=O)NCC(N)C2CC2)c1. The van der Waals surface area contributed by atoms with E-state index in [1.807, 2.05) is 0 Å². The van der Waals surface area contributed by atoms with Crippen molar-refractivity contribution in [2.75, 3.05) is 13.6 Å². The molecule has 1 aromatic carbocycles. The molecule has 0 aromatic heterocycles. The Morgan fingerprint density at radius 1 is 1.45 bits per heavy atom. The molecule has 20 heavy (non-hydrogen) atoms. The number of rotatable bonds is 6. The standard InChI is InChI=1S/C13H19N3O3S/c1-15-20(18,19)11-4-2-3-10(7-11)13(17)16-8-12(14)9-5-6-9/h2-4,7,9,12,15H,5-6,8,14H2,1H3,(H,16,17). The fourth-order valence-electron chi connectivity index (χ4n) is 1.93. The van der Waals surface area contributed by atoms with Crippen molar-refractivity contribution in [2.24, 2.45) is 11.7 Å². The van der Waals surface area contributed by atoms with Gasteiger partial charge in [-0.2, -0.15) is 0 Å². The van der Waals surface area contributed by atoms with E-state index in [2.05, 4.69) is 10.0 Å². The van der Waals surface area contributed by atoms with Crippen LogP contribution in [0.25, 0.3) is 0 Å². The van der Waals surface area contributed by atoms with Crippen LogP contribution in [-0.4, -0.2) is 34.0 Å². The van der Waals surface area contributed by atoms with Crippen molar-refractivity contribution in [1.82, 2.24) is 10.0 Å². The molecule has 1 unspecified atom stereocenters. The molecule has 0 spiro atoms. The molecule has 1 aromatic rings. The van der Waals surface area contributed by atoms with Crippen LogP contribution in [0.4, 0.5) is 0 Å². The van der Waals surface area contributed by atoms with Crippen LogP contribution in [0.15, 0.2) is 29.2 Å². The minimum Gasteiger partial charge on any atom is -0.350 e. The summed E-state index contributed by atoms with van der Waals surface area (Å²) >= 11 is 0. The van der Waals surface area contributed by atoms with Gasteiger partial charge in [0.1, 0.15) is 0 Å². The van der Waals surface area contributed by atoms with Crippen molar-refractivity contribution >= 4 is 15.9 Å². The second-order valence-corrected chi connectivity index (χ2v) is 6.83. The summed E-state index contributed by atoms with van der Waals surface area (Å²) in [6.07, 6.45) is 2.24. The Morgan fingerprint density at radius 2 is 2.15 bits per heavy atom. The fraction of sp³-hybridized carbons (Fsp3) is 0.462. The van der Waals surface area contributed by atoms with Gasteiger partial charge in [-0.3, -0.25) is 4.79 Å². The van der Waals surface area contributed by atoms with Crippen LogP contribution in [0.1, 0.15) is 23.2 Å². The lowest BCUT2D eigenvalue weighted by Gasteiger charge is -2.12. The lowest BCUT2D eigenvalue weighted by Crippen LogP contribution is -2.38. The average Bonchev–Trinajstić information content (AvgIpc) is 3.29. The van der Waals surface area contributed by atoms with E-state index in [9.17, 15) is 13.2 Å². The van der Waals surface area contributed by atoms with Gasteiger partial charge in [-0.1, -0.05) is 6.07 Å². The summed E-state index contributed by atoms with van der Waals surface area (Å²) < 4.78 is 25.6. The van der Waals surface area contributed by atoms with Gasteiger partial charge in [0, 0.05) is 18.2 Å². The zero-order valence-electron chi connectivity index (χ0n) is 11.3. The van der Waals surface area contributed by atoms with E-state index in [4.69, 9.17) is 5.73 Å². The topological polar surface area (TPSA) is 101 Å². The molecule has 0 bridgehead atoms. The van der Waals surface area contributed by atoms with Crippen LogP contribution in [0.2, 0.25) is 0 Å². The third kappa shape index (κ3) is 3.56. The van der Waals surface area contributed by atoms with Gasteiger partial charge >= 0.3 is 0 Å². The van der Waals surface area contributed by atoms with Gasteiger partial charge in [0.2, 0.25) is 10.0 Å². The summed E-state index contributed by atoms with van der Waals surface area (Å²) in [5, 5.41) is 2.74. The van der Waals surface area contributed by atoms with E-state index in [1.165, 1.54) is 19.2 Å². The number of carbonyl (C=O) groups excluding carboxylic acids is 1. The number of hydrogen-bond acceptors (Lipinski definition) is 4. The van der Waals surface area contributed by atoms with Gasteiger partial charge in [0.05, 0.1) is 4.90 Å². The smallest absolute Gasteiger partial charge is 0.251 e. The Morgan fingerprint density at radius 3 is 2.75 bits per heavy atom. The summed E-state index contributed by atoms with van der Waals surface area (Å²) in [5.41, 5.74) is 6.21. The minimum absolute atomic E-state index is 0.0248. The Hall–Kier alpha value is -1.44. The highest BCUT2D eigenvalue weighted by Gasteiger charge is 2.28. The van der Waals surface area contributed by atoms with Gasteiger partial charge in [-0.15, -0.1) is 0 Å². The molecule has 0 heterocycles. The highest BCUT2D eigenvalue weighted by molar-refractivity contribution is 7.89. The normalized spacial score (nSPS) is 16.7. The van der Waals surface area contributed by atoms with Gasteiger partial charge < -0.3 is 11.1 Å². The maximum atomic E-state index is 12.0. The Kier molecular flexibility index (Phi) is 4.42. The summed E-state index contributed by atoms with van der Waals surface area (Å²) in [4.78, 5) is 12.0. The van der Waals surface area contributed by atoms with Gasteiger partial charge in [-0.25, -0.2) is 13.1 Å². The molecule has 1 amide bonds. The van der Waals surface area contributed by atoms with E-state index in [0.717, 1.165) is 12.8 Å². The average molecular weight is 297 g/mol. The number of benzene rings is 1. The number of carbonyl (C=O) groups is 1. The molecule has 1 fully saturated rings. The van der Waals surface area contributed by atoms with Crippen LogP contribution in [0.3, 0.4) is 0 Å². The predicted octanol–water partition coefficient (Wildman–Crippen LogP) is 0.0618. The van der Waals surface area contributed by atoms with Crippen LogP contribution in [0, 0.1) is 5.92 Å². The summed E-state index contributed by atoms with van der Waals surface area (Å²) in [5.74, 6) is 0.195. The third-order valence-electron chi connectivity index (χ3n) is 3.40. The van der Waals surface area contributed by atoms with E-state index in [1.54, 1.807) is 12.1 Å². The van der Waals surface area contributed by atoms with Crippen LogP contribution in [-0.2, 0) is 10.0 Å². The lowest BCUT2D eigenvalue weighted by atomic mass is 10.2. The molecule has 1 atom stereocenters. The maximum absolute atomic E-state index is 12.0. The predicted molar refractivity (Wildman–Crippen MR) is 75.7 cm³/mol.